The average molecular weight is 912 g/mol. The number of aromatic nitrogens is 4. The number of hydrogen-bond donors (Lipinski definition) is 0. The second-order valence-corrected chi connectivity index (χ2v) is 19.1. The Morgan fingerprint density at radius 3 is 1.91 bits per heavy atom. The molecule has 3 aliphatic rings. The van der Waals surface area contributed by atoms with Crippen LogP contribution in [-0.2, 0) is 5.41 Å². The number of nitriles is 2. The van der Waals surface area contributed by atoms with Crippen molar-refractivity contribution in [2.24, 2.45) is 0 Å². The predicted octanol–water partition coefficient (Wildman–Crippen LogP) is 14.8. The van der Waals surface area contributed by atoms with E-state index < -0.39 is 5.41 Å². The van der Waals surface area contributed by atoms with Crippen LogP contribution < -0.4 is 9.64 Å². The van der Waals surface area contributed by atoms with Crippen LogP contribution >= 0.6 is 11.8 Å². The molecule has 1 aliphatic carbocycles. The van der Waals surface area contributed by atoms with Gasteiger partial charge in [0, 0.05) is 71.7 Å². The Kier molecular flexibility index (Phi) is 7.90. The number of para-hydroxylation sites is 4. The van der Waals surface area contributed by atoms with Crippen molar-refractivity contribution in [3.63, 3.8) is 0 Å². The van der Waals surface area contributed by atoms with E-state index in [4.69, 9.17) is 14.7 Å². The smallest absolute Gasteiger partial charge is 0.134 e. The lowest BCUT2D eigenvalue weighted by atomic mass is 9.66. The highest BCUT2D eigenvalue weighted by atomic mass is 32.2. The number of nitrogens with zero attached hydrogens (tertiary/aromatic N) is 7. The molecule has 0 fully saturated rings. The molecule has 1 spiro atoms. The Bertz CT molecular complexity index is 4330. The van der Waals surface area contributed by atoms with Crippen LogP contribution in [0.3, 0.4) is 0 Å². The summed E-state index contributed by atoms with van der Waals surface area (Å²) < 4.78 is 11.7. The lowest BCUT2D eigenvalue weighted by Crippen LogP contribution is -2.32. The molecule has 0 radical (unpaired) electrons. The highest BCUT2D eigenvalue weighted by Gasteiger charge is 2.52. The highest BCUT2D eigenvalue weighted by Crippen LogP contribution is 2.62. The van der Waals surface area contributed by atoms with E-state index in [2.05, 4.69) is 160 Å². The van der Waals surface area contributed by atoms with E-state index in [-0.39, 0.29) is 0 Å². The van der Waals surface area contributed by atoms with Gasteiger partial charge in [0.15, 0.2) is 0 Å². The van der Waals surface area contributed by atoms with Crippen molar-refractivity contribution >= 4 is 72.4 Å². The van der Waals surface area contributed by atoms with Crippen LogP contribution in [-0.4, -0.2) is 19.1 Å². The van der Waals surface area contributed by atoms with E-state index in [1.807, 2.05) is 67.0 Å². The maximum Gasteiger partial charge on any atom is 0.134 e. The topological polar surface area (TPSA) is 95.7 Å². The number of pyridine rings is 2. The third kappa shape index (κ3) is 5.13. The largest absolute Gasteiger partial charge is 0.457 e. The molecule has 12 aromatic rings. The van der Waals surface area contributed by atoms with Crippen LogP contribution in [0.15, 0.2) is 210 Å². The maximum absolute atomic E-state index is 10.2. The normalized spacial score (nSPS) is 14.9. The zero-order valence-corrected chi connectivity index (χ0v) is 37.8. The molecular weight excluding hydrogens is 879 g/mol. The summed E-state index contributed by atoms with van der Waals surface area (Å²) in [5.41, 5.74) is 15.3. The third-order valence-corrected chi connectivity index (χ3v) is 15.6. The zero-order valence-electron chi connectivity index (χ0n) is 37.0. The van der Waals surface area contributed by atoms with Gasteiger partial charge in [-0.25, -0.2) is 0 Å². The van der Waals surface area contributed by atoms with Gasteiger partial charge in [-0.15, -0.1) is 0 Å². The first-order valence-corrected chi connectivity index (χ1v) is 23.9. The minimum atomic E-state index is -0.811. The summed E-state index contributed by atoms with van der Waals surface area (Å²) in [5, 5.41) is 24.4. The molecule has 0 amide bonds. The van der Waals surface area contributed by atoms with E-state index in [1.165, 1.54) is 10.8 Å². The monoisotopic (exact) mass is 911 g/mol. The molecule has 6 heterocycles. The zero-order chi connectivity index (χ0) is 46.2. The molecule has 70 heavy (non-hydrogen) atoms. The summed E-state index contributed by atoms with van der Waals surface area (Å²) in [6, 6.07) is 70.1. The van der Waals surface area contributed by atoms with Gasteiger partial charge < -0.3 is 18.8 Å². The Morgan fingerprint density at radius 2 is 1.07 bits per heavy atom. The van der Waals surface area contributed by atoms with Crippen LogP contribution in [0.5, 0.6) is 11.5 Å². The summed E-state index contributed by atoms with van der Waals surface area (Å²) >= 11 is 1.68. The van der Waals surface area contributed by atoms with Crippen LogP contribution in [0.25, 0.3) is 66.4 Å². The summed E-state index contributed by atoms with van der Waals surface area (Å²) in [5.74, 6) is 1.50. The number of anilines is 3. The molecule has 0 bridgehead atoms. The Morgan fingerprint density at radius 1 is 0.443 bits per heavy atom. The first-order valence-electron chi connectivity index (χ1n) is 23.1. The molecule has 8 aromatic carbocycles. The van der Waals surface area contributed by atoms with Gasteiger partial charge in [-0.2, -0.15) is 10.5 Å². The maximum atomic E-state index is 10.2. The number of rotatable bonds is 3. The van der Waals surface area contributed by atoms with Gasteiger partial charge in [-0.05, 0) is 109 Å². The van der Waals surface area contributed by atoms with Gasteiger partial charge in [0.2, 0.25) is 0 Å². The molecular formula is C61H33N7OS. The highest BCUT2D eigenvalue weighted by molar-refractivity contribution is 7.99. The second-order valence-electron chi connectivity index (χ2n) is 18.0. The minimum absolute atomic E-state index is 0.583. The Labute approximate surface area is 405 Å². The first-order chi connectivity index (χ1) is 34.6. The van der Waals surface area contributed by atoms with Gasteiger partial charge in [-0.3, -0.25) is 9.97 Å². The van der Waals surface area contributed by atoms with Gasteiger partial charge in [0.25, 0.3) is 0 Å². The molecule has 4 aromatic heterocycles. The molecule has 8 nitrogen and oxygen atoms in total. The number of hydrogen-bond acceptors (Lipinski definition) is 7. The van der Waals surface area contributed by atoms with Crippen LogP contribution in [0, 0.1) is 22.7 Å². The lowest BCUT2D eigenvalue weighted by molar-refractivity contribution is 0.436. The number of fused-ring (bicyclic) bond motifs is 17. The molecule has 0 saturated heterocycles. The fraction of sp³-hybridized carbons (Fsp3) is 0.0164. The van der Waals surface area contributed by atoms with Crippen molar-refractivity contribution in [1.29, 1.82) is 10.5 Å². The van der Waals surface area contributed by atoms with Gasteiger partial charge >= 0.3 is 0 Å². The number of benzene rings is 8. The quantitative estimate of drug-likeness (QED) is 0.174. The second kappa shape index (κ2) is 14.3. The molecule has 1 unspecified atom stereocenters. The van der Waals surface area contributed by atoms with Crippen molar-refractivity contribution in [2.45, 2.75) is 15.2 Å². The van der Waals surface area contributed by atoms with Gasteiger partial charge in [0.05, 0.1) is 85.4 Å². The molecule has 324 valence electrons. The predicted molar refractivity (Wildman–Crippen MR) is 276 cm³/mol. The van der Waals surface area contributed by atoms with Crippen molar-refractivity contribution in [1.82, 2.24) is 19.1 Å². The van der Waals surface area contributed by atoms with Crippen molar-refractivity contribution < 1.29 is 4.74 Å². The summed E-state index contributed by atoms with van der Waals surface area (Å²) in [4.78, 5) is 14.8. The summed E-state index contributed by atoms with van der Waals surface area (Å²) in [6.45, 7) is 0. The molecule has 0 saturated carbocycles. The van der Waals surface area contributed by atoms with Crippen LogP contribution in [0.1, 0.15) is 33.4 Å². The van der Waals surface area contributed by atoms with Crippen molar-refractivity contribution in [2.75, 3.05) is 4.90 Å². The SMILES string of the molecule is N#Cc1ccc2c(c1)Sc1ccccc1N2c1ccc2c(c1)c1cc(C#N)ccc1n2-c1ccc2c(c1)Oc1ccccc1C21c2cccnc2-c2ncc(-n3c4ccccc4c4ccccc43)cc21. The van der Waals surface area contributed by atoms with Crippen molar-refractivity contribution in [3.8, 4) is 46.4 Å². The number of ether oxygens (including phenoxy) is 1. The van der Waals surface area contributed by atoms with E-state index in [0.29, 0.717) is 11.1 Å². The van der Waals surface area contributed by atoms with E-state index >= 15 is 0 Å². The van der Waals surface area contributed by atoms with Crippen molar-refractivity contribution in [3.05, 3.63) is 234 Å². The standard InChI is InChI=1S/C61H33N7OS/c62-33-36-19-24-51-43(28-36)44-30-38(67-53-16-6-8-18-57(53)70-58-29-37(34-63)20-25-54(58)67)22-26-52(44)66(51)39-21-23-46-56(32-39)69-55-17-7-3-12-45(55)61(46)47-13-9-27-64-59(47)60-48(61)31-40(35-65-60)68-49-14-4-1-10-41(49)42-11-2-5-15-50(42)68/h1-32,35H. The Balaban J connectivity index is 0.949. The van der Waals surface area contributed by atoms with E-state index in [1.54, 1.807) is 11.8 Å². The van der Waals surface area contributed by atoms with E-state index in [0.717, 1.165) is 116 Å². The minimum Gasteiger partial charge on any atom is -0.457 e. The fourth-order valence-electron chi connectivity index (χ4n) is 11.6. The van der Waals surface area contributed by atoms with Crippen LogP contribution in [0.4, 0.5) is 17.1 Å². The molecule has 1 atom stereocenters. The van der Waals surface area contributed by atoms with Crippen LogP contribution in [0.2, 0.25) is 0 Å². The average Bonchev–Trinajstić information content (AvgIpc) is 4.03. The third-order valence-electron chi connectivity index (χ3n) is 14.5. The molecule has 15 rings (SSSR count). The van der Waals surface area contributed by atoms with Gasteiger partial charge in [0.1, 0.15) is 11.5 Å². The van der Waals surface area contributed by atoms with E-state index in [9.17, 15) is 10.5 Å². The van der Waals surface area contributed by atoms with Gasteiger partial charge in [-0.1, -0.05) is 90.6 Å². The summed E-state index contributed by atoms with van der Waals surface area (Å²) in [6.07, 6.45) is 3.85. The summed E-state index contributed by atoms with van der Waals surface area (Å²) in [7, 11) is 0. The molecule has 0 N–H and O–H groups in total. The lowest BCUT2D eigenvalue weighted by Gasteiger charge is -2.39. The Hall–Kier alpha value is -9.41. The first kappa shape index (κ1) is 38.7. The molecule has 9 heteroatoms. The molecule has 2 aliphatic heterocycles. The fourth-order valence-corrected chi connectivity index (χ4v) is 12.7.